The maximum atomic E-state index is 6.65. The van der Waals surface area contributed by atoms with E-state index in [0.717, 1.165) is 150 Å². The Labute approximate surface area is 479 Å². The van der Waals surface area contributed by atoms with Crippen molar-refractivity contribution < 1.29 is 4.42 Å². The van der Waals surface area contributed by atoms with Crippen LogP contribution in [0.3, 0.4) is 0 Å². The van der Waals surface area contributed by atoms with Gasteiger partial charge in [0.05, 0.1) is 57.8 Å². The third-order valence-corrected chi connectivity index (χ3v) is 15.7. The zero-order valence-corrected chi connectivity index (χ0v) is 45.6. The topological polar surface area (TPSA) is 98.2 Å². The van der Waals surface area contributed by atoms with Gasteiger partial charge in [0.1, 0.15) is 11.2 Å². The lowest BCUT2D eigenvalue weighted by molar-refractivity contribution is 0.669. The SMILES string of the molecule is C=N/C=C(\N=CC)c1ccccc1-c1ccc2c(c1)c1cc(-c3cccc(-c4cnccn4)c3)ccc1n2-c1ccc2oc3ccc(-c4ccc5c(c4)c4cc(-c6ccccc6/C(=C/N=CC)N=C)ccc4n5-c4ccccc4)cc3c2c1. The number of furan rings is 1. The van der Waals surface area contributed by atoms with Crippen LogP contribution < -0.4 is 0 Å². The Morgan fingerprint density at radius 1 is 0.434 bits per heavy atom. The second-order valence-electron chi connectivity index (χ2n) is 20.4. The molecule has 0 aliphatic heterocycles. The molecule has 0 aliphatic rings. The molecule has 0 bridgehead atoms. The van der Waals surface area contributed by atoms with Gasteiger partial charge in [-0.1, -0.05) is 115 Å². The molecule has 9 heteroatoms. The van der Waals surface area contributed by atoms with E-state index in [9.17, 15) is 0 Å². The third kappa shape index (κ3) is 8.84. The van der Waals surface area contributed by atoms with Gasteiger partial charge in [-0.25, -0.2) is 0 Å². The van der Waals surface area contributed by atoms with E-state index in [2.05, 4.69) is 248 Å². The molecule has 4 heterocycles. The fraction of sp³-hybridized carbons (Fsp3) is 0.0270. The van der Waals surface area contributed by atoms with Crippen LogP contribution in [0.5, 0.6) is 0 Å². The van der Waals surface area contributed by atoms with Crippen LogP contribution in [0.1, 0.15) is 25.0 Å². The molecule has 0 N–H and O–H groups in total. The molecule has 0 radical (unpaired) electrons. The summed E-state index contributed by atoms with van der Waals surface area (Å²) in [6.45, 7) is 11.5. The van der Waals surface area contributed by atoms with Gasteiger partial charge >= 0.3 is 0 Å². The van der Waals surface area contributed by atoms with Crippen LogP contribution in [0.25, 0.3) is 144 Å². The predicted octanol–water partition coefficient (Wildman–Crippen LogP) is 19.1. The lowest BCUT2D eigenvalue weighted by atomic mass is 9.96. The van der Waals surface area contributed by atoms with Crippen LogP contribution in [0.4, 0.5) is 0 Å². The van der Waals surface area contributed by atoms with E-state index in [1.165, 1.54) is 0 Å². The highest BCUT2D eigenvalue weighted by molar-refractivity contribution is 6.15. The molecule has 0 unspecified atom stereocenters. The van der Waals surface area contributed by atoms with Crippen molar-refractivity contribution in [1.82, 2.24) is 19.1 Å². The van der Waals surface area contributed by atoms with Gasteiger partial charge < -0.3 is 13.6 Å². The standard InChI is InChI=1S/C74H52N8O/c1-5-77-46-67(76-4)58-21-12-10-19-56(58)51-25-31-70-62(41-51)60-39-49(24-29-69(60)81(70)54-17-8-7-9-18-54)50-27-33-73-64(40-50)65-43-55(28-34-74(65)83-73)82-71-30-23-48(47-15-14-16-53(37-47)66-45-78-35-36-80-66)38-61(71)63-42-52(26-32-72(63)82)57-20-11-13-22-59(57)68(44-75-3)79-6-2/h5-46H,3-4H2,1-2H3/b67-46-,68-44-,77-5?,79-6?. The molecule has 14 rings (SSSR count). The monoisotopic (exact) mass is 1070 g/mol. The normalized spacial score (nSPS) is 12.4. The summed E-state index contributed by atoms with van der Waals surface area (Å²) in [7, 11) is 0. The van der Waals surface area contributed by atoms with Gasteiger partial charge in [0, 0.05) is 85.2 Å². The molecule has 0 saturated carbocycles. The van der Waals surface area contributed by atoms with Gasteiger partial charge in [-0.05, 0) is 169 Å². The minimum Gasteiger partial charge on any atom is -0.456 e. The van der Waals surface area contributed by atoms with Crippen molar-refractivity contribution in [3.8, 4) is 67.1 Å². The van der Waals surface area contributed by atoms with Gasteiger partial charge in [0.15, 0.2) is 0 Å². The van der Waals surface area contributed by atoms with Crippen molar-refractivity contribution in [2.75, 3.05) is 0 Å². The number of fused-ring (bicyclic) bond motifs is 9. The van der Waals surface area contributed by atoms with E-state index in [1.807, 2.05) is 26.0 Å². The third-order valence-electron chi connectivity index (χ3n) is 15.7. The maximum absolute atomic E-state index is 6.65. The van der Waals surface area contributed by atoms with Crippen LogP contribution >= 0.6 is 0 Å². The summed E-state index contributed by atoms with van der Waals surface area (Å²) in [4.78, 5) is 26.5. The van der Waals surface area contributed by atoms with E-state index < -0.39 is 0 Å². The first-order valence-corrected chi connectivity index (χ1v) is 27.5. The lowest BCUT2D eigenvalue weighted by Crippen LogP contribution is -1.94. The first-order valence-electron chi connectivity index (χ1n) is 27.5. The van der Waals surface area contributed by atoms with Crippen molar-refractivity contribution in [3.05, 3.63) is 254 Å². The molecule has 394 valence electrons. The molecule has 10 aromatic carbocycles. The van der Waals surface area contributed by atoms with E-state index >= 15 is 0 Å². The number of rotatable bonds is 13. The van der Waals surface area contributed by atoms with Crippen molar-refractivity contribution in [2.45, 2.75) is 13.8 Å². The Hall–Kier alpha value is -11.2. The number of nitrogens with zero attached hydrogens (tertiary/aromatic N) is 8. The fourth-order valence-corrected chi connectivity index (χ4v) is 11.9. The minimum atomic E-state index is 0.712. The molecule has 0 fully saturated rings. The predicted molar refractivity (Wildman–Crippen MR) is 349 cm³/mol. The maximum Gasteiger partial charge on any atom is 0.135 e. The summed E-state index contributed by atoms with van der Waals surface area (Å²) < 4.78 is 11.4. The lowest BCUT2D eigenvalue weighted by Gasteiger charge is -2.11. The van der Waals surface area contributed by atoms with Crippen molar-refractivity contribution in [2.24, 2.45) is 20.0 Å². The number of benzene rings is 10. The Morgan fingerprint density at radius 3 is 1.54 bits per heavy atom. The zero-order chi connectivity index (χ0) is 56.0. The summed E-state index contributed by atoms with van der Waals surface area (Å²) in [5, 5.41) is 6.59. The summed E-state index contributed by atoms with van der Waals surface area (Å²) in [6.07, 6.45) is 12.3. The number of hydrogen-bond donors (Lipinski definition) is 0. The van der Waals surface area contributed by atoms with Crippen LogP contribution in [0, 0.1) is 0 Å². The van der Waals surface area contributed by atoms with E-state index in [0.29, 0.717) is 5.70 Å². The average molecular weight is 1070 g/mol. The van der Waals surface area contributed by atoms with Crippen molar-refractivity contribution in [1.29, 1.82) is 0 Å². The second-order valence-corrected chi connectivity index (χ2v) is 20.4. The minimum absolute atomic E-state index is 0.712. The number of aliphatic imine (C=N–C) groups is 4. The average Bonchev–Trinajstić information content (AvgIpc) is 2.74. The Morgan fingerprint density at radius 2 is 0.952 bits per heavy atom. The van der Waals surface area contributed by atoms with Crippen LogP contribution in [-0.2, 0) is 0 Å². The largest absolute Gasteiger partial charge is 0.456 e. The molecule has 83 heavy (non-hydrogen) atoms. The highest BCUT2D eigenvalue weighted by Crippen LogP contribution is 2.43. The molecule has 0 saturated heterocycles. The second kappa shape index (κ2) is 21.1. The molecular weight excluding hydrogens is 1020 g/mol. The van der Waals surface area contributed by atoms with E-state index in [-0.39, 0.29) is 0 Å². The zero-order valence-electron chi connectivity index (χ0n) is 45.6. The first kappa shape index (κ1) is 50.1. The highest BCUT2D eigenvalue weighted by atomic mass is 16.3. The molecule has 0 amide bonds. The molecule has 4 aromatic heterocycles. The van der Waals surface area contributed by atoms with Crippen molar-refractivity contribution in [3.63, 3.8) is 0 Å². The molecule has 0 atom stereocenters. The van der Waals surface area contributed by atoms with Gasteiger partial charge in [0.25, 0.3) is 0 Å². The summed E-state index contributed by atoms with van der Waals surface area (Å²) in [5.41, 5.74) is 22.0. The smallest absolute Gasteiger partial charge is 0.135 e. The molecular formula is C74H52N8O. The molecule has 14 aromatic rings. The first-order chi connectivity index (χ1) is 41.0. The van der Waals surface area contributed by atoms with Gasteiger partial charge in [-0.2, -0.15) is 0 Å². The highest BCUT2D eigenvalue weighted by Gasteiger charge is 2.21. The summed E-state index contributed by atoms with van der Waals surface area (Å²) in [6, 6.07) is 76.0. The Bertz CT molecular complexity index is 5030. The number of aromatic nitrogens is 4. The Balaban J connectivity index is 0.920. The van der Waals surface area contributed by atoms with Gasteiger partial charge in [-0.3, -0.25) is 29.9 Å². The van der Waals surface area contributed by atoms with Crippen LogP contribution in [0.15, 0.2) is 268 Å². The fourth-order valence-electron chi connectivity index (χ4n) is 11.9. The number of hydrogen-bond acceptors (Lipinski definition) is 7. The number of para-hydroxylation sites is 1. The molecule has 0 aliphatic carbocycles. The molecule has 9 nitrogen and oxygen atoms in total. The van der Waals surface area contributed by atoms with E-state index in [4.69, 9.17) is 9.41 Å². The molecule has 0 spiro atoms. The van der Waals surface area contributed by atoms with E-state index in [1.54, 1.807) is 43.4 Å². The van der Waals surface area contributed by atoms with Crippen molar-refractivity contribution >= 4 is 103 Å². The van der Waals surface area contributed by atoms with Crippen LogP contribution in [-0.4, -0.2) is 45.0 Å². The Kier molecular flexibility index (Phi) is 12.8. The van der Waals surface area contributed by atoms with Gasteiger partial charge in [-0.15, -0.1) is 0 Å². The van der Waals surface area contributed by atoms with Gasteiger partial charge in [0.2, 0.25) is 0 Å². The summed E-state index contributed by atoms with van der Waals surface area (Å²) in [5.74, 6) is 0. The van der Waals surface area contributed by atoms with Crippen LogP contribution in [0.2, 0.25) is 0 Å². The quantitative estimate of drug-likeness (QED) is 0.108. The summed E-state index contributed by atoms with van der Waals surface area (Å²) >= 11 is 0.